The molecular formula is C23H22N2O4. The van der Waals surface area contributed by atoms with E-state index in [9.17, 15) is 14.4 Å². The molecule has 3 amide bonds. The Labute approximate surface area is 169 Å². The van der Waals surface area contributed by atoms with Crippen molar-refractivity contribution < 1.29 is 19.1 Å². The molecule has 0 aliphatic carbocycles. The lowest BCUT2D eigenvalue weighted by atomic mass is 10.0. The first kappa shape index (κ1) is 19.1. The van der Waals surface area contributed by atoms with Crippen LogP contribution in [-0.2, 0) is 4.74 Å². The number of carbonyl (C=O) groups excluding carboxylic acids is 3. The molecule has 2 aliphatic rings. The summed E-state index contributed by atoms with van der Waals surface area (Å²) in [7, 11) is 0. The lowest BCUT2D eigenvalue weighted by Crippen LogP contribution is -2.36. The number of rotatable bonds is 6. The van der Waals surface area contributed by atoms with Crippen molar-refractivity contribution in [3.8, 4) is 0 Å². The van der Waals surface area contributed by atoms with E-state index in [1.807, 2.05) is 30.3 Å². The van der Waals surface area contributed by atoms with Gasteiger partial charge in [0.25, 0.3) is 17.7 Å². The molecule has 4 rings (SSSR count). The Kier molecular flexibility index (Phi) is 5.27. The fourth-order valence-electron chi connectivity index (χ4n) is 3.78. The van der Waals surface area contributed by atoms with Crippen LogP contribution in [0.1, 0.15) is 43.9 Å². The number of hydrogen-bond acceptors (Lipinski definition) is 4. The van der Waals surface area contributed by atoms with E-state index in [0.29, 0.717) is 24.3 Å². The lowest BCUT2D eigenvalue weighted by Gasteiger charge is -2.21. The molecule has 6 nitrogen and oxygen atoms in total. The number of carbonyl (C=O) groups is 3. The topological polar surface area (TPSA) is 66.9 Å². The minimum atomic E-state index is -0.370. The molecule has 2 heterocycles. The Balaban J connectivity index is 1.61. The van der Waals surface area contributed by atoms with Gasteiger partial charge in [0.2, 0.25) is 0 Å². The molecule has 0 radical (unpaired) electrons. The van der Waals surface area contributed by atoms with E-state index in [2.05, 4.69) is 6.58 Å². The van der Waals surface area contributed by atoms with Crippen LogP contribution in [0.2, 0.25) is 0 Å². The molecule has 148 valence electrons. The summed E-state index contributed by atoms with van der Waals surface area (Å²) >= 11 is 0. The highest BCUT2D eigenvalue weighted by molar-refractivity contribution is 6.22. The van der Waals surface area contributed by atoms with Crippen LogP contribution in [-0.4, -0.2) is 48.4 Å². The average molecular weight is 390 g/mol. The van der Waals surface area contributed by atoms with Crippen LogP contribution >= 0.6 is 0 Å². The van der Waals surface area contributed by atoms with Gasteiger partial charge in [-0.25, -0.2) is 0 Å². The SMILES string of the molecule is C=CCN(C(=O)c1ccc2c(c1)C(=O)N(CC1CCCO1)C2=O)c1ccccc1. The van der Waals surface area contributed by atoms with Crippen LogP contribution in [0.4, 0.5) is 5.69 Å². The number of amides is 3. The van der Waals surface area contributed by atoms with E-state index in [1.165, 1.54) is 11.0 Å². The number of ether oxygens (including phenoxy) is 1. The summed E-state index contributed by atoms with van der Waals surface area (Å²) in [5, 5.41) is 0. The number of nitrogens with zero attached hydrogens (tertiary/aromatic N) is 2. The first-order valence-electron chi connectivity index (χ1n) is 9.70. The van der Waals surface area contributed by atoms with Gasteiger partial charge in [0.1, 0.15) is 0 Å². The van der Waals surface area contributed by atoms with Gasteiger partial charge in [0.05, 0.1) is 23.8 Å². The standard InChI is InChI=1S/C23H22N2O4/c1-2-12-24(17-7-4-3-5-8-17)21(26)16-10-11-19-20(14-16)23(28)25(22(19)27)15-18-9-6-13-29-18/h2-5,7-8,10-11,14,18H,1,6,9,12-13,15H2. The summed E-state index contributed by atoms with van der Waals surface area (Å²) in [5.74, 6) is -0.952. The molecule has 1 unspecified atom stereocenters. The summed E-state index contributed by atoms with van der Waals surface area (Å²) in [4.78, 5) is 41.5. The van der Waals surface area contributed by atoms with Gasteiger partial charge in [-0.2, -0.15) is 0 Å². The van der Waals surface area contributed by atoms with Gasteiger partial charge in [-0.3, -0.25) is 19.3 Å². The lowest BCUT2D eigenvalue weighted by molar-refractivity contribution is 0.0475. The minimum absolute atomic E-state index is 0.112. The second kappa shape index (κ2) is 8.01. The van der Waals surface area contributed by atoms with Gasteiger partial charge >= 0.3 is 0 Å². The van der Waals surface area contributed by atoms with Crippen molar-refractivity contribution in [3.63, 3.8) is 0 Å². The highest BCUT2D eigenvalue weighted by Crippen LogP contribution is 2.27. The van der Waals surface area contributed by atoms with Crippen molar-refractivity contribution in [1.82, 2.24) is 4.90 Å². The van der Waals surface area contributed by atoms with Gasteiger partial charge in [0.15, 0.2) is 0 Å². The third-order valence-corrected chi connectivity index (χ3v) is 5.25. The molecule has 0 aromatic heterocycles. The molecule has 1 saturated heterocycles. The third kappa shape index (κ3) is 3.59. The largest absolute Gasteiger partial charge is 0.376 e. The quantitative estimate of drug-likeness (QED) is 0.561. The Morgan fingerprint density at radius 3 is 2.59 bits per heavy atom. The second-order valence-corrected chi connectivity index (χ2v) is 7.16. The van der Waals surface area contributed by atoms with Crippen molar-refractivity contribution in [1.29, 1.82) is 0 Å². The molecule has 0 N–H and O–H groups in total. The van der Waals surface area contributed by atoms with Crippen molar-refractivity contribution in [3.05, 3.63) is 77.9 Å². The van der Waals surface area contributed by atoms with Crippen LogP contribution in [0, 0.1) is 0 Å². The van der Waals surface area contributed by atoms with E-state index >= 15 is 0 Å². The molecule has 0 saturated carbocycles. The van der Waals surface area contributed by atoms with E-state index in [-0.39, 0.29) is 35.9 Å². The van der Waals surface area contributed by atoms with E-state index in [4.69, 9.17) is 4.74 Å². The highest BCUT2D eigenvalue weighted by atomic mass is 16.5. The summed E-state index contributed by atoms with van der Waals surface area (Å²) in [6, 6.07) is 13.9. The number of hydrogen-bond donors (Lipinski definition) is 0. The molecule has 29 heavy (non-hydrogen) atoms. The third-order valence-electron chi connectivity index (χ3n) is 5.25. The molecule has 2 aromatic rings. The monoisotopic (exact) mass is 390 g/mol. The van der Waals surface area contributed by atoms with Crippen LogP contribution < -0.4 is 4.90 Å². The fourth-order valence-corrected chi connectivity index (χ4v) is 3.78. The Morgan fingerprint density at radius 1 is 1.14 bits per heavy atom. The molecule has 1 atom stereocenters. The molecule has 1 fully saturated rings. The van der Waals surface area contributed by atoms with Gasteiger partial charge in [0, 0.05) is 24.4 Å². The summed E-state index contributed by atoms with van der Waals surface area (Å²) < 4.78 is 5.56. The Morgan fingerprint density at radius 2 is 1.90 bits per heavy atom. The van der Waals surface area contributed by atoms with Crippen LogP contribution in [0.5, 0.6) is 0 Å². The van der Waals surface area contributed by atoms with Gasteiger partial charge < -0.3 is 9.64 Å². The molecule has 2 aromatic carbocycles. The van der Waals surface area contributed by atoms with Crippen molar-refractivity contribution in [2.24, 2.45) is 0 Å². The first-order chi connectivity index (χ1) is 14.1. The maximum Gasteiger partial charge on any atom is 0.261 e. The first-order valence-corrected chi connectivity index (χ1v) is 9.70. The highest BCUT2D eigenvalue weighted by Gasteiger charge is 2.38. The zero-order valence-electron chi connectivity index (χ0n) is 16.0. The molecule has 0 bridgehead atoms. The zero-order chi connectivity index (χ0) is 20.4. The fraction of sp³-hybridized carbons (Fsp3) is 0.261. The normalized spacial score (nSPS) is 18.1. The number of fused-ring (bicyclic) bond motifs is 1. The summed E-state index contributed by atoms with van der Waals surface area (Å²) in [5.41, 5.74) is 1.69. The predicted octanol–water partition coefficient (Wildman–Crippen LogP) is 3.29. The number of imide groups is 1. The summed E-state index contributed by atoms with van der Waals surface area (Å²) in [6.45, 7) is 4.97. The predicted molar refractivity (Wildman–Crippen MR) is 109 cm³/mol. The molecular weight excluding hydrogens is 368 g/mol. The molecule has 0 spiro atoms. The number of benzene rings is 2. The van der Waals surface area contributed by atoms with Crippen molar-refractivity contribution >= 4 is 23.4 Å². The van der Waals surface area contributed by atoms with E-state index < -0.39 is 0 Å². The summed E-state index contributed by atoms with van der Waals surface area (Å²) in [6.07, 6.45) is 3.31. The van der Waals surface area contributed by atoms with E-state index in [1.54, 1.807) is 23.1 Å². The zero-order valence-corrected chi connectivity index (χ0v) is 16.0. The Bertz CT molecular complexity index is 964. The van der Waals surface area contributed by atoms with Gasteiger partial charge in [-0.1, -0.05) is 24.3 Å². The maximum absolute atomic E-state index is 13.1. The van der Waals surface area contributed by atoms with Gasteiger partial charge in [-0.05, 0) is 43.2 Å². The number of para-hydroxylation sites is 1. The second-order valence-electron chi connectivity index (χ2n) is 7.16. The van der Waals surface area contributed by atoms with Crippen molar-refractivity contribution in [2.45, 2.75) is 18.9 Å². The van der Waals surface area contributed by atoms with Gasteiger partial charge in [-0.15, -0.1) is 6.58 Å². The Hall–Kier alpha value is -3.25. The molecule has 2 aliphatic heterocycles. The molecule has 6 heteroatoms. The van der Waals surface area contributed by atoms with Crippen LogP contribution in [0.25, 0.3) is 0 Å². The van der Waals surface area contributed by atoms with E-state index in [0.717, 1.165) is 18.5 Å². The minimum Gasteiger partial charge on any atom is -0.376 e. The average Bonchev–Trinajstić information content (AvgIpc) is 3.35. The van der Waals surface area contributed by atoms with Crippen molar-refractivity contribution in [2.75, 3.05) is 24.6 Å². The smallest absolute Gasteiger partial charge is 0.261 e. The number of anilines is 1. The maximum atomic E-state index is 13.1. The van der Waals surface area contributed by atoms with Crippen LogP contribution in [0.15, 0.2) is 61.2 Å². The van der Waals surface area contributed by atoms with Crippen LogP contribution in [0.3, 0.4) is 0 Å².